The number of alkyl halides is 1. The third-order valence-electron chi connectivity index (χ3n) is 1.71. The van der Waals surface area contributed by atoms with Crippen molar-refractivity contribution in [2.24, 2.45) is 0 Å². The number of hydrogen-bond acceptors (Lipinski definition) is 3. The molecule has 14 heavy (non-hydrogen) atoms. The van der Waals surface area contributed by atoms with E-state index in [9.17, 15) is 19.3 Å². The van der Waals surface area contributed by atoms with E-state index >= 15 is 0 Å². The van der Waals surface area contributed by atoms with Crippen molar-refractivity contribution < 1.29 is 19.2 Å². The van der Waals surface area contributed by atoms with E-state index in [0.717, 1.165) is 12.1 Å². The van der Waals surface area contributed by atoms with Crippen molar-refractivity contribution in [3.8, 4) is 0 Å². The lowest BCUT2D eigenvalue weighted by Gasteiger charge is -2.01. The van der Waals surface area contributed by atoms with Crippen molar-refractivity contribution in [1.29, 1.82) is 0 Å². The second kappa shape index (κ2) is 3.82. The predicted octanol–water partition coefficient (Wildman–Crippen LogP) is 1.76. The van der Waals surface area contributed by atoms with Gasteiger partial charge in [-0.15, -0.1) is 0 Å². The Bertz CT molecular complexity index is 359. The molecule has 1 aromatic carbocycles. The van der Waals surface area contributed by atoms with E-state index in [0.29, 0.717) is 0 Å². The lowest BCUT2D eigenvalue weighted by atomic mass is 10.1. The highest BCUT2D eigenvalue weighted by Crippen LogP contribution is 2.23. The van der Waals surface area contributed by atoms with E-state index < -0.39 is 28.8 Å². The molecule has 0 bridgehead atoms. The van der Waals surface area contributed by atoms with Gasteiger partial charge in [-0.2, -0.15) is 0 Å². The fraction of sp³-hybridized carbons (Fsp3) is 0.125. The van der Waals surface area contributed by atoms with E-state index in [1.54, 1.807) is 0 Å². The standard InChI is InChI=1S/C8H6FNO4/c9-4-6-5(8(11)12)2-1-3-7(6)10(13)14/h1-3H,4H2,(H,11,12). The number of carboxylic acid groups (broad SMARTS) is 1. The Kier molecular flexibility index (Phi) is 2.76. The zero-order chi connectivity index (χ0) is 10.7. The fourth-order valence-corrected chi connectivity index (χ4v) is 1.09. The van der Waals surface area contributed by atoms with Gasteiger partial charge in [0.1, 0.15) is 6.67 Å². The van der Waals surface area contributed by atoms with Crippen LogP contribution in [0, 0.1) is 10.1 Å². The largest absolute Gasteiger partial charge is 0.478 e. The Morgan fingerprint density at radius 3 is 2.64 bits per heavy atom. The number of nitro groups is 1. The average molecular weight is 199 g/mol. The van der Waals surface area contributed by atoms with Crippen LogP contribution in [0.25, 0.3) is 0 Å². The number of nitro benzene ring substituents is 1. The molecule has 5 nitrogen and oxygen atoms in total. The topological polar surface area (TPSA) is 80.4 Å². The van der Waals surface area contributed by atoms with Crippen LogP contribution in [0.15, 0.2) is 18.2 Å². The number of carboxylic acids is 1. The summed E-state index contributed by atoms with van der Waals surface area (Å²) in [5.74, 6) is -1.37. The predicted molar refractivity (Wildman–Crippen MR) is 44.9 cm³/mol. The minimum absolute atomic E-state index is 0.373. The molecule has 1 N–H and O–H groups in total. The molecule has 0 aromatic heterocycles. The minimum atomic E-state index is -1.37. The van der Waals surface area contributed by atoms with Gasteiger partial charge in [-0.3, -0.25) is 10.1 Å². The fourth-order valence-electron chi connectivity index (χ4n) is 1.09. The Hall–Kier alpha value is -1.98. The van der Waals surface area contributed by atoms with Crippen molar-refractivity contribution in [3.05, 3.63) is 39.4 Å². The first kappa shape index (κ1) is 10.1. The SMILES string of the molecule is O=C(O)c1cccc([N+](=O)[O-])c1CF. The highest BCUT2D eigenvalue weighted by atomic mass is 19.1. The maximum absolute atomic E-state index is 12.4. The molecule has 0 spiro atoms. The summed E-state index contributed by atoms with van der Waals surface area (Å²) in [6.07, 6.45) is 0. The lowest BCUT2D eigenvalue weighted by molar-refractivity contribution is -0.385. The zero-order valence-corrected chi connectivity index (χ0v) is 6.94. The number of hydrogen-bond donors (Lipinski definition) is 1. The first-order chi connectivity index (χ1) is 6.57. The maximum Gasteiger partial charge on any atom is 0.336 e. The molecular weight excluding hydrogens is 193 g/mol. The molecule has 0 amide bonds. The summed E-state index contributed by atoms with van der Waals surface area (Å²) in [6, 6.07) is 3.41. The van der Waals surface area contributed by atoms with Crippen molar-refractivity contribution >= 4 is 11.7 Å². The number of benzene rings is 1. The molecular formula is C8H6FNO4. The van der Waals surface area contributed by atoms with Gasteiger partial charge in [0.2, 0.25) is 0 Å². The average Bonchev–Trinajstić information content (AvgIpc) is 2.16. The van der Waals surface area contributed by atoms with E-state index in [1.165, 1.54) is 6.07 Å². The van der Waals surface area contributed by atoms with Gasteiger partial charge in [-0.25, -0.2) is 9.18 Å². The van der Waals surface area contributed by atoms with Crippen LogP contribution in [0.2, 0.25) is 0 Å². The number of aromatic carboxylic acids is 1. The number of nitrogens with zero attached hydrogens (tertiary/aromatic N) is 1. The van der Waals surface area contributed by atoms with Gasteiger partial charge in [0.05, 0.1) is 16.1 Å². The first-order valence-electron chi connectivity index (χ1n) is 3.63. The first-order valence-corrected chi connectivity index (χ1v) is 3.63. The number of rotatable bonds is 3. The van der Waals surface area contributed by atoms with Gasteiger partial charge in [-0.1, -0.05) is 6.07 Å². The third kappa shape index (κ3) is 1.68. The van der Waals surface area contributed by atoms with E-state index in [-0.39, 0.29) is 5.56 Å². The van der Waals surface area contributed by atoms with E-state index in [2.05, 4.69) is 0 Å². The van der Waals surface area contributed by atoms with Crippen LogP contribution in [0.3, 0.4) is 0 Å². The molecule has 0 atom stereocenters. The quantitative estimate of drug-likeness (QED) is 0.594. The van der Waals surface area contributed by atoms with Crippen LogP contribution < -0.4 is 0 Å². The second-order valence-electron chi connectivity index (χ2n) is 2.50. The third-order valence-corrected chi connectivity index (χ3v) is 1.71. The molecule has 0 aliphatic heterocycles. The Morgan fingerprint density at radius 2 is 2.21 bits per heavy atom. The number of carbonyl (C=O) groups is 1. The summed E-state index contributed by atoms with van der Waals surface area (Å²) in [4.78, 5) is 20.2. The molecule has 0 aliphatic carbocycles. The van der Waals surface area contributed by atoms with E-state index in [4.69, 9.17) is 5.11 Å². The van der Waals surface area contributed by atoms with Crippen LogP contribution in [-0.4, -0.2) is 16.0 Å². The molecule has 0 radical (unpaired) electrons. The molecule has 1 rings (SSSR count). The Balaban J connectivity index is 3.39. The number of halogens is 1. The summed E-state index contributed by atoms with van der Waals surface area (Å²) < 4.78 is 12.4. The molecule has 0 saturated carbocycles. The van der Waals surface area contributed by atoms with Crippen molar-refractivity contribution in [3.63, 3.8) is 0 Å². The molecule has 74 valence electrons. The van der Waals surface area contributed by atoms with Crippen LogP contribution in [0.5, 0.6) is 0 Å². The summed E-state index contributed by atoms with van der Waals surface area (Å²) in [7, 11) is 0. The normalized spacial score (nSPS) is 9.79. The van der Waals surface area contributed by atoms with E-state index in [1.807, 2.05) is 0 Å². The zero-order valence-electron chi connectivity index (χ0n) is 6.94. The summed E-state index contributed by atoms with van der Waals surface area (Å²) >= 11 is 0. The maximum atomic E-state index is 12.4. The van der Waals surface area contributed by atoms with Gasteiger partial charge >= 0.3 is 5.97 Å². The lowest BCUT2D eigenvalue weighted by Crippen LogP contribution is -2.04. The van der Waals surface area contributed by atoms with Crippen LogP contribution in [0.4, 0.5) is 10.1 Å². The molecule has 0 aliphatic rings. The molecule has 1 aromatic rings. The summed E-state index contributed by atoms with van der Waals surface area (Å²) in [6.45, 7) is -1.17. The van der Waals surface area contributed by atoms with Crippen molar-refractivity contribution in [2.45, 2.75) is 6.67 Å². The van der Waals surface area contributed by atoms with Gasteiger partial charge in [-0.05, 0) is 6.07 Å². The van der Waals surface area contributed by atoms with Gasteiger partial charge in [0.15, 0.2) is 0 Å². The summed E-state index contributed by atoms with van der Waals surface area (Å²) in [5, 5.41) is 19.0. The molecule has 0 heterocycles. The molecule has 0 saturated heterocycles. The Morgan fingerprint density at radius 1 is 1.57 bits per heavy atom. The molecule has 0 unspecified atom stereocenters. The van der Waals surface area contributed by atoms with Crippen LogP contribution in [0.1, 0.15) is 15.9 Å². The highest BCUT2D eigenvalue weighted by molar-refractivity contribution is 5.90. The second-order valence-corrected chi connectivity index (χ2v) is 2.50. The monoisotopic (exact) mass is 199 g/mol. The summed E-state index contributed by atoms with van der Waals surface area (Å²) in [5.41, 5.74) is -1.28. The molecule has 6 heteroatoms. The minimum Gasteiger partial charge on any atom is -0.478 e. The smallest absolute Gasteiger partial charge is 0.336 e. The van der Waals surface area contributed by atoms with Gasteiger partial charge in [0.25, 0.3) is 5.69 Å². The van der Waals surface area contributed by atoms with Crippen LogP contribution >= 0.6 is 0 Å². The van der Waals surface area contributed by atoms with Gasteiger partial charge in [0, 0.05) is 6.07 Å². The van der Waals surface area contributed by atoms with Crippen molar-refractivity contribution in [2.75, 3.05) is 0 Å². The Labute approximate surface area is 77.9 Å². The molecule has 0 fully saturated rings. The van der Waals surface area contributed by atoms with Gasteiger partial charge < -0.3 is 5.11 Å². The van der Waals surface area contributed by atoms with Crippen molar-refractivity contribution in [1.82, 2.24) is 0 Å². The van der Waals surface area contributed by atoms with Crippen LogP contribution in [-0.2, 0) is 6.67 Å². The highest BCUT2D eigenvalue weighted by Gasteiger charge is 2.20.